The van der Waals surface area contributed by atoms with Gasteiger partial charge in [0.05, 0.1) is 18.5 Å². The van der Waals surface area contributed by atoms with E-state index in [2.05, 4.69) is 15.5 Å². The summed E-state index contributed by atoms with van der Waals surface area (Å²) < 4.78 is 4.95. The highest BCUT2D eigenvalue weighted by Crippen LogP contribution is 2.23. The Labute approximate surface area is 119 Å². The molecule has 0 fully saturated rings. The summed E-state index contributed by atoms with van der Waals surface area (Å²) in [7, 11) is 0. The fraction of sp³-hybridized carbons (Fsp3) is 0.250. The Morgan fingerprint density at radius 3 is 3.16 bits per heavy atom. The quantitative estimate of drug-likeness (QED) is 0.523. The van der Waals surface area contributed by atoms with Crippen LogP contribution in [0.25, 0.3) is 0 Å². The number of aromatic nitrogens is 1. The van der Waals surface area contributed by atoms with Crippen LogP contribution in [0.5, 0.6) is 0 Å². The minimum absolute atomic E-state index is 0.340. The molecule has 7 heteroatoms. The van der Waals surface area contributed by atoms with Crippen molar-refractivity contribution in [3.63, 3.8) is 0 Å². The number of thiazole rings is 1. The number of hydrogen-bond donors (Lipinski definition) is 1. The zero-order chi connectivity index (χ0) is 13.7. The van der Waals surface area contributed by atoms with Crippen LogP contribution in [0.2, 0.25) is 0 Å². The van der Waals surface area contributed by atoms with Gasteiger partial charge in [-0.25, -0.2) is 9.78 Å². The number of hydrogen-bond acceptors (Lipinski definition) is 7. The molecule has 0 aromatic carbocycles. The van der Waals surface area contributed by atoms with Crippen molar-refractivity contribution in [2.75, 3.05) is 12.0 Å². The molecule has 0 amide bonds. The third-order valence-corrected chi connectivity index (χ3v) is 4.00. The number of rotatable bonds is 5. The van der Waals surface area contributed by atoms with Crippen LogP contribution in [0.1, 0.15) is 27.2 Å². The second-order valence-electron chi connectivity index (χ2n) is 3.54. The lowest BCUT2D eigenvalue weighted by Crippen LogP contribution is -2.03. The van der Waals surface area contributed by atoms with E-state index in [-0.39, 0.29) is 5.97 Å². The Morgan fingerprint density at radius 1 is 1.63 bits per heavy atom. The summed E-state index contributed by atoms with van der Waals surface area (Å²) in [4.78, 5) is 17.4. The average molecular weight is 295 g/mol. The maximum atomic E-state index is 11.6. The van der Waals surface area contributed by atoms with E-state index in [1.807, 2.05) is 17.5 Å². The van der Waals surface area contributed by atoms with Crippen LogP contribution in [-0.4, -0.2) is 23.8 Å². The van der Waals surface area contributed by atoms with E-state index in [0.717, 1.165) is 4.88 Å². The Morgan fingerprint density at radius 2 is 2.47 bits per heavy atom. The molecule has 0 atom stereocenters. The first-order chi connectivity index (χ1) is 9.20. The van der Waals surface area contributed by atoms with E-state index in [1.54, 1.807) is 31.4 Å². The summed E-state index contributed by atoms with van der Waals surface area (Å²) in [6, 6.07) is 3.92. The highest BCUT2D eigenvalue weighted by molar-refractivity contribution is 7.17. The Balaban J connectivity index is 2.02. The number of thiophene rings is 1. The smallest absolute Gasteiger partial charge is 0.350 e. The number of anilines is 1. The first-order valence-corrected chi connectivity index (χ1v) is 7.37. The van der Waals surface area contributed by atoms with Gasteiger partial charge in [0.25, 0.3) is 0 Å². The zero-order valence-electron chi connectivity index (χ0n) is 10.5. The molecule has 100 valence electrons. The van der Waals surface area contributed by atoms with Crippen LogP contribution in [0.4, 0.5) is 5.13 Å². The van der Waals surface area contributed by atoms with E-state index >= 15 is 0 Å². The highest BCUT2D eigenvalue weighted by atomic mass is 32.1. The van der Waals surface area contributed by atoms with E-state index < -0.39 is 0 Å². The summed E-state index contributed by atoms with van der Waals surface area (Å²) in [6.07, 6.45) is 1.71. The van der Waals surface area contributed by atoms with Crippen molar-refractivity contribution in [3.05, 3.63) is 33.0 Å². The molecule has 0 aliphatic carbocycles. The van der Waals surface area contributed by atoms with Crippen molar-refractivity contribution in [1.82, 2.24) is 4.98 Å². The predicted octanol–water partition coefficient (Wildman–Crippen LogP) is 3.14. The maximum Gasteiger partial charge on any atom is 0.350 e. The van der Waals surface area contributed by atoms with Crippen molar-refractivity contribution < 1.29 is 9.53 Å². The second kappa shape index (κ2) is 6.44. The number of carbonyl (C=O) groups is 1. The molecule has 0 aliphatic heterocycles. The van der Waals surface area contributed by atoms with Crippen LogP contribution in [0.3, 0.4) is 0 Å². The maximum absolute atomic E-state index is 11.6. The summed E-state index contributed by atoms with van der Waals surface area (Å²) in [5.41, 5.74) is 3.47. The molecular formula is C12H13N3O2S2. The fourth-order valence-corrected chi connectivity index (χ4v) is 2.74. The van der Waals surface area contributed by atoms with Crippen LogP contribution < -0.4 is 5.43 Å². The van der Waals surface area contributed by atoms with E-state index in [9.17, 15) is 4.79 Å². The van der Waals surface area contributed by atoms with E-state index in [1.165, 1.54) is 11.3 Å². The Hall–Kier alpha value is -1.73. The Bertz CT molecular complexity index is 576. The lowest BCUT2D eigenvalue weighted by atomic mass is 10.4. The van der Waals surface area contributed by atoms with Gasteiger partial charge in [-0.1, -0.05) is 17.4 Å². The lowest BCUT2D eigenvalue weighted by molar-refractivity contribution is 0.0531. The summed E-state index contributed by atoms with van der Waals surface area (Å²) >= 11 is 2.84. The second-order valence-corrected chi connectivity index (χ2v) is 5.52. The summed E-state index contributed by atoms with van der Waals surface area (Å²) in [5.74, 6) is -0.340. The Kier molecular flexibility index (Phi) is 4.64. The number of hydrazone groups is 1. The number of aryl methyl sites for hydroxylation is 1. The molecule has 19 heavy (non-hydrogen) atoms. The SMILES string of the molecule is CCOC(=O)c1sc(N/N=C/c2cccs2)nc1C. The van der Waals surface area contributed by atoms with Crippen molar-refractivity contribution in [3.8, 4) is 0 Å². The van der Waals surface area contributed by atoms with Crippen LogP contribution in [-0.2, 0) is 4.74 Å². The molecule has 5 nitrogen and oxygen atoms in total. The molecule has 0 unspecified atom stereocenters. The third-order valence-electron chi connectivity index (χ3n) is 2.15. The van der Waals surface area contributed by atoms with Crippen molar-refractivity contribution in [1.29, 1.82) is 0 Å². The monoisotopic (exact) mass is 295 g/mol. The van der Waals surface area contributed by atoms with Crippen LogP contribution in [0, 0.1) is 6.92 Å². The molecular weight excluding hydrogens is 282 g/mol. The molecule has 0 radical (unpaired) electrons. The van der Waals surface area contributed by atoms with Gasteiger partial charge in [0.2, 0.25) is 5.13 Å². The van der Waals surface area contributed by atoms with Crippen molar-refractivity contribution >= 4 is 40.0 Å². The normalized spacial score (nSPS) is 10.8. The molecule has 0 spiro atoms. The molecule has 0 bridgehead atoms. The molecule has 2 heterocycles. The van der Waals surface area contributed by atoms with Gasteiger partial charge in [-0.2, -0.15) is 5.10 Å². The van der Waals surface area contributed by atoms with Gasteiger partial charge >= 0.3 is 5.97 Å². The molecule has 0 aliphatic rings. The standard InChI is InChI=1S/C12H13N3O2S2/c1-3-17-11(16)10-8(2)14-12(19-10)15-13-7-9-5-4-6-18-9/h4-7H,3H2,1-2H3,(H,14,15)/b13-7+. The lowest BCUT2D eigenvalue weighted by Gasteiger charge is -1.97. The van der Waals surface area contributed by atoms with Gasteiger partial charge in [0, 0.05) is 4.88 Å². The van der Waals surface area contributed by atoms with Gasteiger partial charge < -0.3 is 4.74 Å². The predicted molar refractivity (Wildman–Crippen MR) is 78.3 cm³/mol. The van der Waals surface area contributed by atoms with Crippen molar-refractivity contribution in [2.45, 2.75) is 13.8 Å². The largest absolute Gasteiger partial charge is 0.462 e. The molecule has 1 N–H and O–H groups in total. The number of nitrogens with one attached hydrogen (secondary N) is 1. The number of esters is 1. The van der Waals surface area contributed by atoms with Gasteiger partial charge in [-0.05, 0) is 25.3 Å². The molecule has 2 aromatic heterocycles. The van der Waals surface area contributed by atoms with Crippen LogP contribution in [0.15, 0.2) is 22.6 Å². The van der Waals surface area contributed by atoms with E-state index in [4.69, 9.17) is 4.74 Å². The number of ether oxygens (including phenoxy) is 1. The summed E-state index contributed by atoms with van der Waals surface area (Å²) in [6.45, 7) is 3.91. The molecule has 0 saturated carbocycles. The first-order valence-electron chi connectivity index (χ1n) is 5.68. The van der Waals surface area contributed by atoms with Gasteiger partial charge in [0.1, 0.15) is 4.88 Å². The number of carbonyl (C=O) groups excluding carboxylic acids is 1. The fourth-order valence-electron chi connectivity index (χ4n) is 1.35. The van der Waals surface area contributed by atoms with Gasteiger partial charge in [-0.15, -0.1) is 11.3 Å². The highest BCUT2D eigenvalue weighted by Gasteiger charge is 2.15. The minimum Gasteiger partial charge on any atom is -0.462 e. The number of nitrogens with zero attached hydrogens (tertiary/aromatic N) is 2. The zero-order valence-corrected chi connectivity index (χ0v) is 12.2. The van der Waals surface area contributed by atoms with Crippen LogP contribution >= 0.6 is 22.7 Å². The molecule has 2 aromatic rings. The average Bonchev–Trinajstić information content (AvgIpc) is 2.99. The molecule has 0 saturated heterocycles. The van der Waals surface area contributed by atoms with Crippen molar-refractivity contribution in [2.24, 2.45) is 5.10 Å². The van der Waals surface area contributed by atoms with E-state index in [0.29, 0.717) is 22.3 Å². The van der Waals surface area contributed by atoms with Gasteiger partial charge in [-0.3, -0.25) is 5.43 Å². The topological polar surface area (TPSA) is 63.6 Å². The first kappa shape index (κ1) is 13.7. The summed E-state index contributed by atoms with van der Waals surface area (Å²) in [5, 5.41) is 6.63. The molecule has 2 rings (SSSR count). The third kappa shape index (κ3) is 3.62. The van der Waals surface area contributed by atoms with Gasteiger partial charge in [0.15, 0.2) is 0 Å². The minimum atomic E-state index is -0.340.